The van der Waals surface area contributed by atoms with Crippen LogP contribution in [0.1, 0.15) is 12.8 Å². The quantitative estimate of drug-likeness (QED) is 0.295. The fraction of sp³-hybridized carbons (Fsp3) is 0.556. The number of hydrogen-bond acceptors (Lipinski definition) is 3. The zero-order valence-electron chi connectivity index (χ0n) is 15.1. The molecule has 6 nitrogen and oxygen atoms in total. The van der Waals surface area contributed by atoms with Gasteiger partial charge in [0.2, 0.25) is 5.91 Å². The summed E-state index contributed by atoms with van der Waals surface area (Å²) in [6.07, 6.45) is 2.05. The Labute approximate surface area is 171 Å². The van der Waals surface area contributed by atoms with Crippen LogP contribution in [0.3, 0.4) is 0 Å². The van der Waals surface area contributed by atoms with Gasteiger partial charge in [-0.25, -0.2) is 4.39 Å². The summed E-state index contributed by atoms with van der Waals surface area (Å²) in [5.41, 5.74) is 1.05. The van der Waals surface area contributed by atoms with Crippen LogP contribution in [-0.4, -0.2) is 63.1 Å². The van der Waals surface area contributed by atoms with Gasteiger partial charge in [-0.1, -0.05) is 0 Å². The van der Waals surface area contributed by atoms with Crippen LogP contribution < -0.4 is 15.5 Å². The molecule has 1 saturated carbocycles. The number of anilines is 1. The summed E-state index contributed by atoms with van der Waals surface area (Å²) in [6, 6.07) is 6.64. The molecule has 1 aliphatic heterocycles. The summed E-state index contributed by atoms with van der Waals surface area (Å²) in [7, 11) is 1.78. The maximum atomic E-state index is 13.0. The van der Waals surface area contributed by atoms with Crippen molar-refractivity contribution in [3.8, 4) is 0 Å². The maximum absolute atomic E-state index is 13.0. The highest BCUT2D eigenvalue weighted by Gasteiger charge is 2.29. The fourth-order valence-electron chi connectivity index (χ4n) is 3.01. The van der Waals surface area contributed by atoms with Crippen LogP contribution in [0, 0.1) is 11.7 Å². The minimum Gasteiger partial charge on any atom is -0.368 e. The zero-order valence-corrected chi connectivity index (χ0v) is 17.4. The molecular weight excluding hydrogens is 448 g/mol. The van der Waals surface area contributed by atoms with Crippen LogP contribution in [0.2, 0.25) is 0 Å². The lowest BCUT2D eigenvalue weighted by molar-refractivity contribution is -0.122. The van der Waals surface area contributed by atoms with Gasteiger partial charge in [0.15, 0.2) is 5.96 Å². The van der Waals surface area contributed by atoms with E-state index in [4.69, 9.17) is 0 Å². The topological polar surface area (TPSA) is 60.0 Å². The second kappa shape index (κ2) is 9.94. The van der Waals surface area contributed by atoms with Gasteiger partial charge >= 0.3 is 0 Å². The molecule has 0 bridgehead atoms. The van der Waals surface area contributed by atoms with E-state index in [2.05, 4.69) is 25.4 Å². The summed E-state index contributed by atoms with van der Waals surface area (Å²) in [6.45, 7) is 4.72. The average molecular weight is 475 g/mol. The molecule has 1 amide bonds. The standard InChI is InChI=1S/C18H26FN5O.HI/c1-20-18(22-9-8-21-17(25)14-2-3-14)24-12-10-23(11-13-24)16-6-4-15(19)5-7-16;/h4-7,14H,2-3,8-13H2,1H3,(H,20,22)(H,21,25);1H. The van der Waals surface area contributed by atoms with Crippen LogP contribution >= 0.6 is 24.0 Å². The van der Waals surface area contributed by atoms with Gasteiger partial charge < -0.3 is 20.4 Å². The highest BCUT2D eigenvalue weighted by molar-refractivity contribution is 14.0. The number of amides is 1. The molecule has 8 heteroatoms. The van der Waals surface area contributed by atoms with Crippen molar-refractivity contribution in [3.63, 3.8) is 0 Å². The van der Waals surface area contributed by atoms with E-state index in [0.29, 0.717) is 13.1 Å². The molecule has 0 unspecified atom stereocenters. The van der Waals surface area contributed by atoms with E-state index < -0.39 is 0 Å². The van der Waals surface area contributed by atoms with Crippen molar-refractivity contribution in [3.05, 3.63) is 30.1 Å². The van der Waals surface area contributed by atoms with E-state index in [1.807, 2.05) is 12.1 Å². The predicted octanol–water partition coefficient (Wildman–Crippen LogP) is 1.67. The van der Waals surface area contributed by atoms with Crippen molar-refractivity contribution >= 4 is 41.5 Å². The van der Waals surface area contributed by atoms with E-state index in [0.717, 1.165) is 50.7 Å². The number of benzene rings is 1. The van der Waals surface area contributed by atoms with Gasteiger partial charge in [-0.05, 0) is 37.1 Å². The third kappa shape index (κ3) is 5.72. The molecule has 1 aromatic rings. The highest BCUT2D eigenvalue weighted by atomic mass is 127. The first-order valence-electron chi connectivity index (χ1n) is 8.91. The molecule has 0 aromatic heterocycles. The third-order valence-corrected chi connectivity index (χ3v) is 4.64. The third-order valence-electron chi connectivity index (χ3n) is 4.64. The van der Waals surface area contributed by atoms with Crippen molar-refractivity contribution in [2.75, 3.05) is 51.2 Å². The summed E-state index contributed by atoms with van der Waals surface area (Å²) in [4.78, 5) is 20.4. The van der Waals surface area contributed by atoms with Crippen LogP contribution in [-0.2, 0) is 4.79 Å². The molecule has 2 N–H and O–H groups in total. The average Bonchev–Trinajstić information content (AvgIpc) is 3.48. The summed E-state index contributed by atoms with van der Waals surface area (Å²) in [5, 5.41) is 6.26. The molecule has 1 saturated heterocycles. The highest BCUT2D eigenvalue weighted by Crippen LogP contribution is 2.28. The number of rotatable bonds is 5. The van der Waals surface area contributed by atoms with Gasteiger partial charge in [0.25, 0.3) is 0 Å². The summed E-state index contributed by atoms with van der Waals surface area (Å²) in [5.74, 6) is 1.07. The molecule has 0 atom stereocenters. The van der Waals surface area contributed by atoms with Crippen LogP contribution in [0.5, 0.6) is 0 Å². The number of nitrogens with one attached hydrogen (secondary N) is 2. The number of hydrogen-bond donors (Lipinski definition) is 2. The van der Waals surface area contributed by atoms with Gasteiger partial charge in [0.1, 0.15) is 5.82 Å². The Hall–Kier alpha value is -1.58. The molecule has 3 rings (SSSR count). The van der Waals surface area contributed by atoms with Crippen LogP contribution in [0.25, 0.3) is 0 Å². The van der Waals surface area contributed by atoms with E-state index in [1.165, 1.54) is 12.1 Å². The van der Waals surface area contributed by atoms with Gasteiger partial charge in [0.05, 0.1) is 0 Å². The van der Waals surface area contributed by atoms with Crippen molar-refractivity contribution in [2.24, 2.45) is 10.9 Å². The van der Waals surface area contributed by atoms with Gasteiger partial charge in [-0.3, -0.25) is 9.79 Å². The van der Waals surface area contributed by atoms with Crippen molar-refractivity contribution in [2.45, 2.75) is 12.8 Å². The second-order valence-corrected chi connectivity index (χ2v) is 6.49. The summed E-state index contributed by atoms with van der Waals surface area (Å²) < 4.78 is 13.0. The number of carbonyl (C=O) groups excluding carboxylic acids is 1. The number of aliphatic imine (C=N–C) groups is 1. The first-order valence-corrected chi connectivity index (χ1v) is 8.91. The van der Waals surface area contributed by atoms with Crippen LogP contribution in [0.4, 0.5) is 10.1 Å². The molecule has 0 spiro atoms. The number of nitrogens with zero attached hydrogens (tertiary/aromatic N) is 3. The minimum absolute atomic E-state index is 0. The molecule has 26 heavy (non-hydrogen) atoms. The number of piperazine rings is 1. The Kier molecular flexibility index (Phi) is 7.92. The van der Waals surface area contributed by atoms with Gasteiger partial charge in [-0.2, -0.15) is 0 Å². The number of halogens is 2. The normalized spacial score (nSPS) is 17.5. The van der Waals surface area contributed by atoms with Crippen molar-refractivity contribution in [1.29, 1.82) is 0 Å². The molecule has 1 aromatic carbocycles. The predicted molar refractivity (Wildman–Crippen MR) is 113 cm³/mol. The lowest BCUT2D eigenvalue weighted by Crippen LogP contribution is -2.53. The first kappa shape index (κ1) is 20.7. The Morgan fingerprint density at radius 1 is 1.12 bits per heavy atom. The summed E-state index contributed by atoms with van der Waals surface area (Å²) >= 11 is 0. The molecule has 2 aliphatic rings. The molecule has 2 fully saturated rings. The lowest BCUT2D eigenvalue weighted by Gasteiger charge is -2.37. The number of guanidine groups is 1. The van der Waals surface area contributed by atoms with Gasteiger partial charge in [-0.15, -0.1) is 24.0 Å². The lowest BCUT2D eigenvalue weighted by atomic mass is 10.2. The molecule has 144 valence electrons. The second-order valence-electron chi connectivity index (χ2n) is 6.49. The largest absolute Gasteiger partial charge is 0.368 e. The Bertz CT molecular complexity index is 613. The van der Waals surface area contributed by atoms with Crippen molar-refractivity contribution < 1.29 is 9.18 Å². The Balaban J connectivity index is 0.00000243. The molecule has 1 heterocycles. The maximum Gasteiger partial charge on any atom is 0.223 e. The van der Waals surface area contributed by atoms with E-state index in [1.54, 1.807) is 7.05 Å². The van der Waals surface area contributed by atoms with Gasteiger partial charge in [0, 0.05) is 57.9 Å². The zero-order chi connectivity index (χ0) is 17.6. The monoisotopic (exact) mass is 475 g/mol. The van der Waals surface area contributed by atoms with E-state index in [-0.39, 0.29) is 41.6 Å². The molecule has 0 radical (unpaired) electrons. The SMILES string of the molecule is CN=C(NCCNC(=O)C1CC1)N1CCN(c2ccc(F)cc2)CC1.I. The van der Waals surface area contributed by atoms with E-state index >= 15 is 0 Å². The van der Waals surface area contributed by atoms with E-state index in [9.17, 15) is 9.18 Å². The number of carbonyl (C=O) groups is 1. The smallest absolute Gasteiger partial charge is 0.223 e. The van der Waals surface area contributed by atoms with Crippen molar-refractivity contribution in [1.82, 2.24) is 15.5 Å². The van der Waals surface area contributed by atoms with Crippen LogP contribution in [0.15, 0.2) is 29.3 Å². The molecular formula is C18H27FIN5O. The Morgan fingerprint density at radius 2 is 1.73 bits per heavy atom. The minimum atomic E-state index is -0.208. The first-order chi connectivity index (χ1) is 12.2. The fourth-order valence-corrected chi connectivity index (χ4v) is 3.01. The Morgan fingerprint density at radius 3 is 2.31 bits per heavy atom. The molecule has 1 aliphatic carbocycles.